The van der Waals surface area contributed by atoms with Crippen molar-refractivity contribution in [1.82, 2.24) is 14.8 Å². The van der Waals surface area contributed by atoms with Gasteiger partial charge in [0.2, 0.25) is 0 Å². The van der Waals surface area contributed by atoms with Crippen LogP contribution in [0.5, 0.6) is 5.75 Å². The number of pyridine rings is 1. The number of nitrogens with one attached hydrogen (secondary N) is 1. The van der Waals surface area contributed by atoms with E-state index in [1.165, 1.54) is 11.1 Å². The molecule has 2 aromatic carbocycles. The molecule has 2 aliphatic rings. The highest BCUT2D eigenvalue weighted by Crippen LogP contribution is 2.29. The Morgan fingerprint density at radius 3 is 2.29 bits per heavy atom. The first-order chi connectivity index (χ1) is 21.8. The van der Waals surface area contributed by atoms with Crippen LogP contribution in [0, 0.1) is 24.2 Å². The van der Waals surface area contributed by atoms with Gasteiger partial charge in [-0.25, -0.2) is 0 Å². The lowest BCUT2D eigenvalue weighted by molar-refractivity contribution is 0.0590. The van der Waals surface area contributed by atoms with Gasteiger partial charge >= 0.3 is 11.6 Å². The standard InChI is InChI=1S/C34H39N5O3.O2S/c1-24-3-10-33(31(19-24)36-2)42-29-13-17-39(18-14-29)34(41)30-9-8-28(22-37-30)32(40)20-25-11-15-38(16-12-25)23-27-6-4-26(21-35)5-7-27;1-3-2/h3-10,19,22,25,29,36H,11-18,20,23H2,1-2H3;. The van der Waals surface area contributed by atoms with Crippen LogP contribution >= 0.6 is 0 Å². The number of benzene rings is 2. The lowest BCUT2D eigenvalue weighted by atomic mass is 9.90. The fraction of sp³-hybridized carbons (Fsp3) is 0.412. The fourth-order valence-corrected chi connectivity index (χ4v) is 5.82. The molecule has 0 unspecified atom stereocenters. The minimum absolute atomic E-state index is 0.0552. The van der Waals surface area contributed by atoms with Gasteiger partial charge in [0.25, 0.3) is 5.91 Å². The molecular formula is C34H39N5O5S. The number of aryl methyl sites for hydroxylation is 1. The lowest BCUT2D eigenvalue weighted by Gasteiger charge is -2.32. The number of likely N-dealkylation sites (tertiary alicyclic amines) is 2. The van der Waals surface area contributed by atoms with Crippen LogP contribution in [0.2, 0.25) is 0 Å². The molecule has 3 aromatic rings. The predicted molar refractivity (Wildman–Crippen MR) is 172 cm³/mol. The van der Waals surface area contributed by atoms with Gasteiger partial charge in [-0.2, -0.15) is 13.7 Å². The molecule has 0 saturated carbocycles. The van der Waals surface area contributed by atoms with Crippen LogP contribution in [-0.2, 0) is 18.1 Å². The highest BCUT2D eigenvalue weighted by atomic mass is 32.1. The maximum atomic E-state index is 13.1. The number of hydrogen-bond acceptors (Lipinski definition) is 9. The largest absolute Gasteiger partial charge is 0.488 e. The quantitative estimate of drug-likeness (QED) is 0.332. The van der Waals surface area contributed by atoms with Gasteiger partial charge in [-0.05, 0) is 86.3 Å². The van der Waals surface area contributed by atoms with Crippen LogP contribution in [0.1, 0.15) is 69.6 Å². The van der Waals surface area contributed by atoms with E-state index in [2.05, 4.69) is 34.3 Å². The molecule has 3 heterocycles. The second-order valence-corrected chi connectivity index (χ2v) is 11.7. The number of amides is 1. The van der Waals surface area contributed by atoms with Crippen molar-refractivity contribution in [2.75, 3.05) is 38.5 Å². The van der Waals surface area contributed by atoms with E-state index in [0.717, 1.165) is 56.8 Å². The lowest BCUT2D eigenvalue weighted by Crippen LogP contribution is -2.42. The number of carbonyl (C=O) groups excluding carboxylic acids is 2. The summed E-state index contributed by atoms with van der Waals surface area (Å²) in [6, 6.07) is 19.4. The van der Waals surface area contributed by atoms with Crippen molar-refractivity contribution in [3.05, 3.63) is 88.7 Å². The summed E-state index contributed by atoms with van der Waals surface area (Å²) in [5, 5.41) is 12.2. The maximum absolute atomic E-state index is 13.1. The van der Waals surface area contributed by atoms with E-state index in [1.807, 2.05) is 48.3 Å². The van der Waals surface area contributed by atoms with E-state index >= 15 is 0 Å². The van der Waals surface area contributed by atoms with E-state index in [1.54, 1.807) is 18.3 Å². The molecule has 1 N–H and O–H groups in total. The average molecular weight is 630 g/mol. The maximum Gasteiger partial charge on any atom is 0.335 e. The molecule has 0 atom stereocenters. The highest BCUT2D eigenvalue weighted by molar-refractivity contribution is 7.51. The number of ether oxygens (including phenoxy) is 1. The van der Waals surface area contributed by atoms with Crippen molar-refractivity contribution in [2.24, 2.45) is 5.92 Å². The summed E-state index contributed by atoms with van der Waals surface area (Å²) in [5.41, 5.74) is 4.96. The van der Waals surface area contributed by atoms with Crippen LogP contribution in [0.15, 0.2) is 60.8 Å². The van der Waals surface area contributed by atoms with Gasteiger partial charge in [-0.3, -0.25) is 19.5 Å². The Morgan fingerprint density at radius 2 is 1.69 bits per heavy atom. The van der Waals surface area contributed by atoms with Gasteiger partial charge in [0.15, 0.2) is 5.78 Å². The summed E-state index contributed by atoms with van der Waals surface area (Å²) >= 11 is -0.750. The number of nitrogens with zero attached hydrogens (tertiary/aromatic N) is 4. The summed E-state index contributed by atoms with van der Waals surface area (Å²) < 4.78 is 22.8. The van der Waals surface area contributed by atoms with Gasteiger partial charge < -0.3 is 15.0 Å². The third-order valence-corrected chi connectivity index (χ3v) is 8.40. The summed E-state index contributed by atoms with van der Waals surface area (Å²) in [5.74, 6) is 1.17. The Kier molecular flexibility index (Phi) is 12.4. The number of hydrogen-bond donors (Lipinski definition) is 1. The number of Topliss-reactive ketones (excluding diaryl/α,β-unsaturated/α-hetero) is 1. The number of aromatic nitrogens is 1. The first kappa shape index (κ1) is 33.5. The van der Waals surface area contributed by atoms with Gasteiger partial charge in [0, 0.05) is 57.7 Å². The molecule has 2 fully saturated rings. The molecule has 45 heavy (non-hydrogen) atoms. The molecule has 11 heteroatoms. The number of ketones is 1. The van der Waals surface area contributed by atoms with E-state index in [0.29, 0.717) is 42.2 Å². The molecular weight excluding hydrogens is 590 g/mol. The molecule has 1 amide bonds. The highest BCUT2D eigenvalue weighted by Gasteiger charge is 2.27. The summed E-state index contributed by atoms with van der Waals surface area (Å²) in [4.78, 5) is 34.7. The van der Waals surface area contributed by atoms with Crippen molar-refractivity contribution in [3.63, 3.8) is 0 Å². The first-order valence-corrected chi connectivity index (χ1v) is 15.9. The van der Waals surface area contributed by atoms with Crippen molar-refractivity contribution >= 4 is 28.9 Å². The van der Waals surface area contributed by atoms with Crippen LogP contribution in [0.4, 0.5) is 5.69 Å². The Labute approximate surface area is 268 Å². The number of rotatable bonds is 9. The fourth-order valence-electron chi connectivity index (χ4n) is 5.82. The topological polar surface area (TPSA) is 133 Å². The van der Waals surface area contributed by atoms with Crippen molar-refractivity contribution < 1.29 is 22.7 Å². The normalized spacial score (nSPS) is 15.7. The first-order valence-electron chi connectivity index (χ1n) is 15.2. The number of nitriles is 1. The van der Waals surface area contributed by atoms with Crippen LogP contribution in [0.25, 0.3) is 0 Å². The molecule has 2 saturated heterocycles. The van der Waals surface area contributed by atoms with Crippen molar-refractivity contribution in [2.45, 2.75) is 51.7 Å². The van der Waals surface area contributed by atoms with E-state index in [9.17, 15) is 9.59 Å². The third kappa shape index (κ3) is 9.54. The van der Waals surface area contributed by atoms with Gasteiger partial charge in [0.05, 0.1) is 17.3 Å². The Balaban J connectivity index is 0.00000148. The molecule has 1 aromatic heterocycles. The Bertz CT molecular complexity index is 1520. The van der Waals surface area contributed by atoms with Crippen LogP contribution in [-0.4, -0.2) is 74.2 Å². The zero-order chi connectivity index (χ0) is 32.2. The second-order valence-electron chi connectivity index (χ2n) is 11.5. The zero-order valence-electron chi connectivity index (χ0n) is 25.7. The summed E-state index contributed by atoms with van der Waals surface area (Å²) in [7, 11) is 1.89. The molecule has 10 nitrogen and oxygen atoms in total. The second kappa shape index (κ2) is 16.6. The zero-order valence-corrected chi connectivity index (χ0v) is 26.6. The van der Waals surface area contributed by atoms with Crippen LogP contribution < -0.4 is 10.1 Å². The SMILES string of the molecule is CNc1cc(C)ccc1OC1CCN(C(=O)c2ccc(C(=O)CC3CCN(Cc4ccc(C#N)cc4)CC3)cn2)CC1.O=S=O. The van der Waals surface area contributed by atoms with Gasteiger partial charge in [-0.1, -0.05) is 18.2 Å². The predicted octanol–water partition coefficient (Wildman–Crippen LogP) is 4.80. The molecule has 0 spiro atoms. The van der Waals surface area contributed by atoms with E-state index in [4.69, 9.17) is 18.4 Å². The molecule has 0 radical (unpaired) electrons. The summed E-state index contributed by atoms with van der Waals surface area (Å²) in [6.07, 6.45) is 5.58. The number of anilines is 1. The number of carbonyl (C=O) groups is 2. The number of piperidine rings is 2. The molecule has 0 aliphatic carbocycles. The third-order valence-electron chi connectivity index (χ3n) is 8.40. The van der Waals surface area contributed by atoms with Crippen molar-refractivity contribution in [3.8, 4) is 11.8 Å². The smallest absolute Gasteiger partial charge is 0.335 e. The van der Waals surface area contributed by atoms with Gasteiger partial charge in [0.1, 0.15) is 17.5 Å². The minimum atomic E-state index is -0.750. The molecule has 236 valence electrons. The minimum Gasteiger partial charge on any atom is -0.488 e. The Hall–Kier alpha value is -4.40. The average Bonchev–Trinajstić information content (AvgIpc) is 3.07. The molecule has 0 bridgehead atoms. The van der Waals surface area contributed by atoms with E-state index in [-0.39, 0.29) is 17.8 Å². The monoisotopic (exact) mass is 629 g/mol. The van der Waals surface area contributed by atoms with Gasteiger partial charge in [-0.15, -0.1) is 0 Å². The van der Waals surface area contributed by atoms with E-state index < -0.39 is 11.6 Å². The summed E-state index contributed by atoms with van der Waals surface area (Å²) in [6.45, 7) is 6.03. The van der Waals surface area contributed by atoms with Crippen molar-refractivity contribution in [1.29, 1.82) is 5.26 Å². The Morgan fingerprint density at radius 1 is 1.00 bits per heavy atom. The van der Waals surface area contributed by atoms with Crippen LogP contribution in [0.3, 0.4) is 0 Å². The molecule has 2 aliphatic heterocycles. The molecule has 5 rings (SSSR count).